The summed E-state index contributed by atoms with van der Waals surface area (Å²) in [5.74, 6) is -0.169. The molecular weight excluding hydrogens is 141 g/mol. The average Bonchev–Trinajstić information content (AvgIpc) is 2.05. The van der Waals surface area contributed by atoms with Crippen molar-refractivity contribution in [1.29, 1.82) is 0 Å². The molecule has 0 spiro atoms. The Balaban J connectivity index is 2.81. The Kier molecular flexibility index (Phi) is 2.60. The van der Waals surface area contributed by atoms with Gasteiger partial charge in [0, 0.05) is 5.56 Å². The largest absolute Gasteiger partial charge is 0.343 e. The quantitative estimate of drug-likeness (QED) is 0.656. The summed E-state index contributed by atoms with van der Waals surface area (Å²) >= 11 is 0. The highest BCUT2D eigenvalue weighted by atomic mass is 19.1. The molecule has 0 radical (unpaired) electrons. The fraction of sp³-hybridized carbons (Fsp3) is 0.333. The molecular formula is C9H13FN+. The Morgan fingerprint density at radius 1 is 1.27 bits per heavy atom. The molecule has 2 heteroatoms. The van der Waals surface area contributed by atoms with Crippen molar-refractivity contribution < 1.29 is 9.71 Å². The van der Waals surface area contributed by atoms with Gasteiger partial charge in [0.05, 0.1) is 7.05 Å². The molecule has 0 aliphatic heterocycles. The smallest absolute Gasteiger partial charge is 0.123 e. The van der Waals surface area contributed by atoms with Crippen LogP contribution in [0.3, 0.4) is 0 Å². The summed E-state index contributed by atoms with van der Waals surface area (Å²) in [5, 5.41) is 2.09. The van der Waals surface area contributed by atoms with E-state index in [1.165, 1.54) is 12.1 Å². The summed E-state index contributed by atoms with van der Waals surface area (Å²) in [5.41, 5.74) is 1.16. The Hall–Kier alpha value is -0.890. The molecule has 2 N–H and O–H groups in total. The second-order valence-electron chi connectivity index (χ2n) is 2.67. The van der Waals surface area contributed by atoms with Crippen molar-refractivity contribution in [3.63, 3.8) is 0 Å². The molecule has 0 bridgehead atoms. The van der Waals surface area contributed by atoms with Crippen LogP contribution in [0.2, 0.25) is 0 Å². The van der Waals surface area contributed by atoms with Crippen LogP contribution in [0.4, 0.5) is 4.39 Å². The van der Waals surface area contributed by atoms with Gasteiger partial charge >= 0.3 is 0 Å². The highest BCUT2D eigenvalue weighted by Crippen LogP contribution is 2.08. The topological polar surface area (TPSA) is 16.6 Å². The molecule has 0 aromatic heterocycles. The maximum absolute atomic E-state index is 12.4. The van der Waals surface area contributed by atoms with E-state index in [1.807, 2.05) is 19.2 Å². The summed E-state index contributed by atoms with van der Waals surface area (Å²) < 4.78 is 12.4. The first-order valence-electron chi connectivity index (χ1n) is 3.79. The molecule has 0 heterocycles. The van der Waals surface area contributed by atoms with Crippen LogP contribution in [-0.4, -0.2) is 7.05 Å². The van der Waals surface area contributed by atoms with Gasteiger partial charge in [-0.15, -0.1) is 0 Å². The third-order valence-corrected chi connectivity index (χ3v) is 1.90. The number of quaternary nitrogens is 1. The third kappa shape index (κ3) is 2.02. The Bertz CT molecular complexity index is 218. The van der Waals surface area contributed by atoms with Gasteiger partial charge in [-0.3, -0.25) is 0 Å². The summed E-state index contributed by atoms with van der Waals surface area (Å²) in [7, 11) is 2.01. The van der Waals surface area contributed by atoms with Crippen LogP contribution in [0, 0.1) is 5.82 Å². The molecule has 1 aromatic rings. The van der Waals surface area contributed by atoms with Gasteiger partial charge in [-0.1, -0.05) is 12.1 Å². The highest BCUT2D eigenvalue weighted by Gasteiger charge is 2.03. The molecule has 1 aromatic carbocycles. The number of nitrogens with two attached hydrogens (primary N) is 1. The van der Waals surface area contributed by atoms with Crippen molar-refractivity contribution in [2.75, 3.05) is 7.05 Å². The Labute approximate surface area is 66.2 Å². The van der Waals surface area contributed by atoms with Crippen molar-refractivity contribution in [2.24, 2.45) is 0 Å². The van der Waals surface area contributed by atoms with Crippen LogP contribution in [-0.2, 0) is 0 Å². The first kappa shape index (κ1) is 8.21. The molecule has 0 amide bonds. The van der Waals surface area contributed by atoms with Gasteiger partial charge in [0.25, 0.3) is 0 Å². The predicted octanol–water partition coefficient (Wildman–Crippen LogP) is 1.08. The standard InChI is InChI=1S/C9H12FN/c1-7(11-2)8-3-5-9(10)6-4-8/h3-7,11H,1-2H3/p+1. The van der Waals surface area contributed by atoms with Crippen LogP contribution >= 0.6 is 0 Å². The third-order valence-electron chi connectivity index (χ3n) is 1.90. The summed E-state index contributed by atoms with van der Waals surface area (Å²) in [6, 6.07) is 7.04. The summed E-state index contributed by atoms with van der Waals surface area (Å²) in [6.45, 7) is 2.09. The lowest BCUT2D eigenvalue weighted by Crippen LogP contribution is -2.80. The van der Waals surface area contributed by atoms with Gasteiger partial charge in [-0.25, -0.2) is 4.39 Å². The molecule has 60 valence electrons. The first-order chi connectivity index (χ1) is 5.24. The van der Waals surface area contributed by atoms with Gasteiger partial charge in [-0.05, 0) is 19.1 Å². The normalized spacial score (nSPS) is 13.0. The molecule has 0 saturated carbocycles. The first-order valence-corrected chi connectivity index (χ1v) is 3.79. The number of hydrogen-bond acceptors (Lipinski definition) is 0. The van der Waals surface area contributed by atoms with Gasteiger partial charge in [0.2, 0.25) is 0 Å². The molecule has 1 atom stereocenters. The second-order valence-corrected chi connectivity index (χ2v) is 2.67. The molecule has 0 aliphatic rings. The summed E-state index contributed by atoms with van der Waals surface area (Å²) in [6.07, 6.45) is 0. The van der Waals surface area contributed by atoms with E-state index in [1.54, 1.807) is 0 Å². The molecule has 1 unspecified atom stereocenters. The summed E-state index contributed by atoms with van der Waals surface area (Å²) in [4.78, 5) is 0. The monoisotopic (exact) mass is 154 g/mol. The zero-order valence-corrected chi connectivity index (χ0v) is 6.84. The minimum Gasteiger partial charge on any atom is -0.343 e. The van der Waals surface area contributed by atoms with E-state index in [-0.39, 0.29) is 5.82 Å². The lowest BCUT2D eigenvalue weighted by Gasteiger charge is -2.05. The Morgan fingerprint density at radius 3 is 2.27 bits per heavy atom. The highest BCUT2D eigenvalue weighted by molar-refractivity contribution is 5.17. The van der Waals surface area contributed by atoms with Crippen LogP contribution in [0.15, 0.2) is 24.3 Å². The van der Waals surface area contributed by atoms with E-state index < -0.39 is 0 Å². The maximum Gasteiger partial charge on any atom is 0.123 e. The van der Waals surface area contributed by atoms with Crippen molar-refractivity contribution in [3.8, 4) is 0 Å². The van der Waals surface area contributed by atoms with Crippen LogP contribution in [0.1, 0.15) is 18.5 Å². The predicted molar refractivity (Wildman–Crippen MR) is 42.7 cm³/mol. The van der Waals surface area contributed by atoms with E-state index in [2.05, 4.69) is 12.2 Å². The van der Waals surface area contributed by atoms with Crippen LogP contribution < -0.4 is 5.32 Å². The van der Waals surface area contributed by atoms with E-state index >= 15 is 0 Å². The van der Waals surface area contributed by atoms with Gasteiger partial charge in [0.1, 0.15) is 11.9 Å². The van der Waals surface area contributed by atoms with Crippen molar-refractivity contribution in [2.45, 2.75) is 13.0 Å². The van der Waals surface area contributed by atoms with E-state index in [4.69, 9.17) is 0 Å². The SMILES string of the molecule is C[NH2+]C(C)c1ccc(F)cc1. The van der Waals surface area contributed by atoms with E-state index in [0.717, 1.165) is 5.56 Å². The molecule has 1 rings (SSSR count). The molecule has 0 aliphatic carbocycles. The van der Waals surface area contributed by atoms with Crippen molar-refractivity contribution in [1.82, 2.24) is 0 Å². The lowest BCUT2D eigenvalue weighted by atomic mass is 10.1. The minimum atomic E-state index is -0.169. The molecule has 1 nitrogen and oxygen atoms in total. The van der Waals surface area contributed by atoms with Gasteiger partial charge in [-0.2, -0.15) is 0 Å². The van der Waals surface area contributed by atoms with E-state index in [9.17, 15) is 4.39 Å². The lowest BCUT2D eigenvalue weighted by molar-refractivity contribution is -0.666. The second kappa shape index (κ2) is 3.49. The van der Waals surface area contributed by atoms with Crippen LogP contribution in [0.5, 0.6) is 0 Å². The number of hydrogen-bond donors (Lipinski definition) is 1. The average molecular weight is 154 g/mol. The van der Waals surface area contributed by atoms with Crippen molar-refractivity contribution in [3.05, 3.63) is 35.6 Å². The molecule has 11 heavy (non-hydrogen) atoms. The Morgan fingerprint density at radius 2 is 1.82 bits per heavy atom. The van der Waals surface area contributed by atoms with Gasteiger partial charge in [0.15, 0.2) is 0 Å². The number of rotatable bonds is 2. The van der Waals surface area contributed by atoms with Gasteiger partial charge < -0.3 is 5.32 Å². The maximum atomic E-state index is 12.4. The minimum absolute atomic E-state index is 0.169. The number of benzene rings is 1. The van der Waals surface area contributed by atoms with Crippen molar-refractivity contribution >= 4 is 0 Å². The fourth-order valence-corrected chi connectivity index (χ4v) is 0.959. The van der Waals surface area contributed by atoms with E-state index in [0.29, 0.717) is 6.04 Å². The number of halogens is 1. The zero-order valence-electron chi connectivity index (χ0n) is 6.84. The zero-order chi connectivity index (χ0) is 8.27. The molecule has 0 fully saturated rings. The fourth-order valence-electron chi connectivity index (χ4n) is 0.959. The van der Waals surface area contributed by atoms with Crippen LogP contribution in [0.25, 0.3) is 0 Å². The molecule has 0 saturated heterocycles.